The van der Waals surface area contributed by atoms with E-state index in [1.807, 2.05) is 0 Å². The molecule has 3 rings (SSSR count). The van der Waals surface area contributed by atoms with Gasteiger partial charge >= 0.3 is 5.97 Å². The average molecular weight is 332 g/mol. The molecule has 0 amide bonds. The van der Waals surface area contributed by atoms with Crippen LogP contribution in [0.5, 0.6) is 11.5 Å². The molecule has 0 unspecified atom stereocenters. The average Bonchev–Trinajstić information content (AvgIpc) is 2.65. The van der Waals surface area contributed by atoms with Crippen LogP contribution in [0.4, 0.5) is 0 Å². The molecule has 0 bridgehead atoms. The fraction of sp³-hybridized carbons (Fsp3) is 0.294. The van der Waals surface area contributed by atoms with E-state index in [4.69, 9.17) is 13.9 Å². The van der Waals surface area contributed by atoms with E-state index in [1.165, 1.54) is 31.2 Å². The smallest absolute Gasteiger partial charge is 0.302 e. The Labute approximate surface area is 136 Å². The molecular weight excluding hydrogens is 316 g/mol. The first-order chi connectivity index (χ1) is 11.3. The van der Waals surface area contributed by atoms with Crippen molar-refractivity contribution in [3.8, 4) is 11.5 Å². The number of phenolic OH excluding ortho intramolecular Hbond substituents is 1. The molecule has 0 aliphatic carbocycles. The van der Waals surface area contributed by atoms with Crippen LogP contribution < -0.4 is 10.2 Å². The highest BCUT2D eigenvalue weighted by Crippen LogP contribution is 2.38. The summed E-state index contributed by atoms with van der Waals surface area (Å²) in [6, 6.07) is 2.77. The second-order valence-corrected chi connectivity index (χ2v) is 5.74. The molecule has 0 radical (unpaired) electrons. The number of hydrogen-bond acceptors (Lipinski definition) is 7. The zero-order chi connectivity index (χ0) is 17.5. The van der Waals surface area contributed by atoms with Gasteiger partial charge in [-0.3, -0.25) is 9.59 Å². The third kappa shape index (κ3) is 2.85. The van der Waals surface area contributed by atoms with Crippen molar-refractivity contribution in [2.45, 2.75) is 19.4 Å². The van der Waals surface area contributed by atoms with E-state index in [9.17, 15) is 19.8 Å². The van der Waals surface area contributed by atoms with Crippen LogP contribution in [-0.2, 0) is 9.53 Å². The van der Waals surface area contributed by atoms with Gasteiger partial charge in [-0.1, -0.05) is 0 Å². The van der Waals surface area contributed by atoms with Crippen molar-refractivity contribution in [1.82, 2.24) is 0 Å². The quantitative estimate of drug-likeness (QED) is 0.803. The monoisotopic (exact) mass is 332 g/mol. The van der Waals surface area contributed by atoms with Crippen LogP contribution in [0.3, 0.4) is 0 Å². The molecule has 2 N–H and O–H groups in total. The lowest BCUT2D eigenvalue weighted by atomic mass is 10.0. The number of rotatable bonds is 2. The van der Waals surface area contributed by atoms with Crippen LogP contribution in [0.15, 0.2) is 27.4 Å². The van der Waals surface area contributed by atoms with E-state index in [0.29, 0.717) is 5.76 Å². The van der Waals surface area contributed by atoms with Crippen molar-refractivity contribution in [2.75, 3.05) is 13.2 Å². The Kier molecular flexibility index (Phi) is 3.81. The highest BCUT2D eigenvalue weighted by molar-refractivity contribution is 5.90. The van der Waals surface area contributed by atoms with E-state index in [0.717, 1.165) is 0 Å². The van der Waals surface area contributed by atoms with Gasteiger partial charge in [-0.2, -0.15) is 0 Å². The number of aliphatic hydroxyl groups is 1. The van der Waals surface area contributed by atoms with Crippen molar-refractivity contribution in [2.24, 2.45) is 0 Å². The first-order valence-electron chi connectivity index (χ1n) is 7.27. The Bertz CT molecular complexity index is 909. The number of carbonyl (C=O) groups is 1. The Balaban J connectivity index is 2.08. The summed E-state index contributed by atoms with van der Waals surface area (Å²) in [7, 11) is 0. The van der Waals surface area contributed by atoms with Gasteiger partial charge in [-0.15, -0.1) is 0 Å². The topological polar surface area (TPSA) is 106 Å². The normalized spacial score (nSPS) is 19.5. The molecule has 0 spiro atoms. The summed E-state index contributed by atoms with van der Waals surface area (Å²) < 4.78 is 15.8. The number of benzene rings is 1. The summed E-state index contributed by atoms with van der Waals surface area (Å²) >= 11 is 0. The number of ether oxygens (including phenoxy) is 2. The van der Waals surface area contributed by atoms with Gasteiger partial charge in [0, 0.05) is 19.1 Å². The second-order valence-electron chi connectivity index (χ2n) is 5.74. The van der Waals surface area contributed by atoms with Crippen LogP contribution >= 0.6 is 0 Å². The third-order valence-corrected chi connectivity index (χ3v) is 3.68. The Morgan fingerprint density at radius 1 is 1.42 bits per heavy atom. The molecule has 1 aliphatic rings. The maximum atomic E-state index is 12.1. The van der Waals surface area contributed by atoms with Crippen molar-refractivity contribution in [1.29, 1.82) is 0 Å². The van der Waals surface area contributed by atoms with Crippen molar-refractivity contribution >= 4 is 23.0 Å². The molecule has 1 aromatic heterocycles. The highest BCUT2D eigenvalue weighted by Gasteiger charge is 2.30. The van der Waals surface area contributed by atoms with Crippen LogP contribution in [0.2, 0.25) is 0 Å². The fourth-order valence-electron chi connectivity index (χ4n) is 2.50. The molecule has 7 nitrogen and oxygen atoms in total. The largest absolute Gasteiger partial charge is 0.506 e. The summed E-state index contributed by atoms with van der Waals surface area (Å²) in [5.41, 5.74) is -1.48. The first-order valence-corrected chi connectivity index (χ1v) is 7.27. The lowest BCUT2D eigenvalue weighted by molar-refractivity contribution is -0.147. The molecule has 1 atom stereocenters. The molecule has 1 aliphatic heterocycles. The Morgan fingerprint density at radius 3 is 2.88 bits per heavy atom. The van der Waals surface area contributed by atoms with Crippen LogP contribution in [0.25, 0.3) is 17.0 Å². The molecule has 1 aromatic carbocycles. The number of aryl methyl sites for hydroxylation is 1. The first kappa shape index (κ1) is 16.1. The third-order valence-electron chi connectivity index (χ3n) is 3.68. The number of esters is 1. The predicted octanol–water partition coefficient (Wildman–Crippen LogP) is 1.51. The summed E-state index contributed by atoms with van der Waals surface area (Å²) in [5, 5.41) is 20.9. The number of hydrogen-bond donors (Lipinski definition) is 2. The van der Waals surface area contributed by atoms with E-state index in [1.54, 1.807) is 6.92 Å². The van der Waals surface area contributed by atoms with E-state index in [2.05, 4.69) is 0 Å². The second kappa shape index (κ2) is 5.68. The zero-order valence-electron chi connectivity index (χ0n) is 13.2. The SMILES string of the molecule is CC(=O)OC[C@]1(O)C=Cc2c(cc3oc(C)cc(=O)c3c2O)OC1. The Morgan fingerprint density at radius 2 is 2.17 bits per heavy atom. The summed E-state index contributed by atoms with van der Waals surface area (Å²) in [6.07, 6.45) is 2.79. The fourth-order valence-corrected chi connectivity index (χ4v) is 2.50. The van der Waals surface area contributed by atoms with Gasteiger partial charge in [0.1, 0.15) is 41.4 Å². The molecule has 7 heteroatoms. The van der Waals surface area contributed by atoms with Gasteiger partial charge < -0.3 is 24.1 Å². The number of phenols is 1. The summed E-state index contributed by atoms with van der Waals surface area (Å²) in [4.78, 5) is 23.0. The minimum Gasteiger partial charge on any atom is -0.506 e. The van der Waals surface area contributed by atoms with Gasteiger partial charge in [0.15, 0.2) is 11.0 Å². The Hall–Kier alpha value is -2.80. The lowest BCUT2D eigenvalue weighted by Crippen LogP contribution is -2.38. The molecular formula is C17H16O7. The maximum absolute atomic E-state index is 12.1. The molecule has 0 saturated heterocycles. The van der Waals surface area contributed by atoms with E-state index in [-0.39, 0.29) is 46.7 Å². The van der Waals surface area contributed by atoms with Gasteiger partial charge in [-0.05, 0) is 19.1 Å². The standard InChI is InChI=1S/C17H16O7/c1-9-5-12(19)15-14(24-9)6-13-11(16(15)20)3-4-17(21,8-23-13)7-22-10(2)18/h3-6,20-21H,7-8H2,1-2H3/t17-/m1/s1. The van der Waals surface area contributed by atoms with E-state index >= 15 is 0 Å². The number of aromatic hydroxyl groups is 1. The molecule has 0 saturated carbocycles. The van der Waals surface area contributed by atoms with Crippen LogP contribution in [0.1, 0.15) is 18.2 Å². The van der Waals surface area contributed by atoms with Gasteiger partial charge in [-0.25, -0.2) is 0 Å². The van der Waals surface area contributed by atoms with Gasteiger partial charge in [0.2, 0.25) is 0 Å². The van der Waals surface area contributed by atoms with Crippen molar-refractivity contribution < 1.29 is 28.9 Å². The molecule has 2 aromatic rings. The van der Waals surface area contributed by atoms with Gasteiger partial charge in [0.05, 0.1) is 5.56 Å². The van der Waals surface area contributed by atoms with E-state index < -0.39 is 11.6 Å². The van der Waals surface area contributed by atoms with Crippen molar-refractivity contribution in [3.05, 3.63) is 39.8 Å². The number of fused-ring (bicyclic) bond motifs is 2. The summed E-state index contributed by atoms with van der Waals surface area (Å²) in [5.74, 6) is -0.159. The number of carbonyl (C=O) groups excluding carboxylic acids is 1. The summed E-state index contributed by atoms with van der Waals surface area (Å²) in [6.45, 7) is 2.38. The lowest BCUT2D eigenvalue weighted by Gasteiger charge is -2.22. The molecule has 126 valence electrons. The zero-order valence-corrected chi connectivity index (χ0v) is 13.2. The minimum atomic E-state index is -1.54. The highest BCUT2D eigenvalue weighted by atomic mass is 16.6. The minimum absolute atomic E-state index is 0.0398. The van der Waals surface area contributed by atoms with Crippen LogP contribution in [-0.4, -0.2) is 35.0 Å². The van der Waals surface area contributed by atoms with Crippen LogP contribution in [0, 0.1) is 6.92 Å². The molecule has 24 heavy (non-hydrogen) atoms. The molecule has 2 heterocycles. The maximum Gasteiger partial charge on any atom is 0.302 e. The van der Waals surface area contributed by atoms with Crippen molar-refractivity contribution in [3.63, 3.8) is 0 Å². The predicted molar refractivity (Wildman–Crippen MR) is 85.0 cm³/mol. The molecule has 0 fully saturated rings. The van der Waals surface area contributed by atoms with Gasteiger partial charge in [0.25, 0.3) is 0 Å².